The van der Waals surface area contributed by atoms with Crippen molar-refractivity contribution in [1.82, 2.24) is 24.4 Å². The number of thiazole rings is 1. The summed E-state index contributed by atoms with van der Waals surface area (Å²) in [5.74, 6) is -0.345. The first-order valence-electron chi connectivity index (χ1n) is 8.47. The molecular weight excluding hydrogens is 392 g/mol. The molecule has 1 N–H and O–H groups in total. The van der Waals surface area contributed by atoms with Crippen molar-refractivity contribution in [2.75, 3.05) is 37.3 Å². The van der Waals surface area contributed by atoms with Crippen molar-refractivity contribution < 1.29 is 13.2 Å². The summed E-state index contributed by atoms with van der Waals surface area (Å²) in [5.41, 5.74) is 0.956. The number of carbonyl (C=O) groups is 1. The van der Waals surface area contributed by atoms with Gasteiger partial charge in [0.05, 0.1) is 11.9 Å². The van der Waals surface area contributed by atoms with Crippen molar-refractivity contribution in [1.29, 1.82) is 0 Å². The van der Waals surface area contributed by atoms with E-state index in [1.54, 1.807) is 20.9 Å². The van der Waals surface area contributed by atoms with Gasteiger partial charge in [0.15, 0.2) is 5.13 Å². The maximum Gasteiger partial charge on any atom is 0.286 e. The largest absolute Gasteiger partial charge is 0.355 e. The molecule has 1 amide bonds. The van der Waals surface area contributed by atoms with Crippen LogP contribution < -0.4 is 15.8 Å². The summed E-state index contributed by atoms with van der Waals surface area (Å²) in [6, 6.07) is -0.845. The smallest absolute Gasteiger partial charge is 0.286 e. The molecule has 0 aliphatic carbocycles. The Kier molecular flexibility index (Phi) is 5.23. The minimum atomic E-state index is -3.52. The van der Waals surface area contributed by atoms with Gasteiger partial charge < -0.3 is 10.2 Å². The van der Waals surface area contributed by atoms with Crippen molar-refractivity contribution in [3.8, 4) is 0 Å². The van der Waals surface area contributed by atoms with E-state index in [-0.39, 0.29) is 24.6 Å². The summed E-state index contributed by atoms with van der Waals surface area (Å²) in [4.78, 5) is 31.1. The molecular formula is C15H22N6O4S2. The molecule has 3 rings (SSSR count). The molecule has 0 saturated carbocycles. The van der Waals surface area contributed by atoms with Gasteiger partial charge in [0.25, 0.3) is 5.56 Å². The average molecular weight is 415 g/mol. The van der Waals surface area contributed by atoms with Crippen LogP contribution in [0.4, 0.5) is 5.13 Å². The Bertz CT molecular complexity index is 1040. The fraction of sp³-hybridized carbons (Fsp3) is 0.600. The number of hydrogen-bond donors (Lipinski definition) is 1. The molecule has 1 saturated heterocycles. The number of rotatable bonds is 4. The van der Waals surface area contributed by atoms with E-state index in [4.69, 9.17) is 0 Å². The molecule has 27 heavy (non-hydrogen) atoms. The van der Waals surface area contributed by atoms with Crippen molar-refractivity contribution >= 4 is 42.6 Å². The molecule has 12 heteroatoms. The maximum atomic E-state index is 12.4. The van der Waals surface area contributed by atoms with E-state index in [0.717, 1.165) is 6.26 Å². The number of aromatic nitrogens is 3. The number of nitrogens with one attached hydrogen (secondary N) is 1. The number of carbonyl (C=O) groups excluding carboxylic acids is 1. The Morgan fingerprint density at radius 3 is 2.70 bits per heavy atom. The number of anilines is 1. The van der Waals surface area contributed by atoms with E-state index in [0.29, 0.717) is 34.1 Å². The van der Waals surface area contributed by atoms with Crippen molar-refractivity contribution in [3.05, 3.63) is 16.0 Å². The Hall–Kier alpha value is -2.05. The number of likely N-dealkylation sites (N-methyl/N-ethyl adjacent to an activating group) is 1. The number of amides is 1. The number of sulfonamides is 1. The van der Waals surface area contributed by atoms with Gasteiger partial charge in [-0.3, -0.25) is 9.59 Å². The zero-order valence-corrected chi connectivity index (χ0v) is 17.2. The minimum Gasteiger partial charge on any atom is -0.355 e. The van der Waals surface area contributed by atoms with Crippen molar-refractivity contribution in [2.45, 2.75) is 19.9 Å². The summed E-state index contributed by atoms with van der Waals surface area (Å²) in [6.45, 7) is 4.70. The first-order chi connectivity index (χ1) is 12.6. The summed E-state index contributed by atoms with van der Waals surface area (Å²) in [7, 11) is -1.93. The first kappa shape index (κ1) is 19.7. The second-order valence-corrected chi connectivity index (χ2v) is 9.33. The van der Waals surface area contributed by atoms with Crippen LogP contribution in [0.1, 0.15) is 12.6 Å². The lowest BCUT2D eigenvalue weighted by Crippen LogP contribution is -2.60. The highest BCUT2D eigenvalue weighted by Gasteiger charge is 2.38. The van der Waals surface area contributed by atoms with Gasteiger partial charge in [-0.15, -0.1) is 0 Å². The molecule has 1 atom stereocenters. The molecule has 10 nitrogen and oxygen atoms in total. The van der Waals surface area contributed by atoms with E-state index in [1.807, 2.05) is 4.90 Å². The molecule has 1 aliphatic rings. The van der Waals surface area contributed by atoms with Gasteiger partial charge in [0, 0.05) is 33.2 Å². The third-order valence-electron chi connectivity index (χ3n) is 4.43. The molecule has 0 spiro atoms. The van der Waals surface area contributed by atoms with Crippen LogP contribution in [0.3, 0.4) is 0 Å². The van der Waals surface area contributed by atoms with E-state index in [1.165, 1.54) is 20.3 Å². The average Bonchev–Trinajstić information content (AvgIpc) is 3.05. The van der Waals surface area contributed by atoms with E-state index >= 15 is 0 Å². The van der Waals surface area contributed by atoms with Crippen molar-refractivity contribution in [2.24, 2.45) is 7.05 Å². The monoisotopic (exact) mass is 414 g/mol. The third kappa shape index (κ3) is 3.69. The summed E-state index contributed by atoms with van der Waals surface area (Å²) >= 11 is 1.24. The van der Waals surface area contributed by atoms with Crippen LogP contribution in [-0.2, 0) is 21.9 Å². The molecule has 1 aliphatic heterocycles. The Morgan fingerprint density at radius 1 is 1.37 bits per heavy atom. The highest BCUT2D eigenvalue weighted by atomic mass is 32.2. The van der Waals surface area contributed by atoms with Gasteiger partial charge in [0.1, 0.15) is 16.3 Å². The summed E-state index contributed by atoms with van der Waals surface area (Å²) in [6.07, 6.45) is 1.10. The van der Waals surface area contributed by atoms with Gasteiger partial charge in [-0.1, -0.05) is 11.3 Å². The zero-order valence-electron chi connectivity index (χ0n) is 15.6. The van der Waals surface area contributed by atoms with Gasteiger partial charge in [0.2, 0.25) is 15.9 Å². The van der Waals surface area contributed by atoms with Crippen LogP contribution in [0, 0.1) is 6.92 Å². The number of hydrogen-bond acceptors (Lipinski definition) is 8. The van der Waals surface area contributed by atoms with Crippen LogP contribution in [-0.4, -0.2) is 71.9 Å². The number of nitrogens with zero attached hydrogens (tertiary/aromatic N) is 5. The predicted octanol–water partition coefficient (Wildman–Crippen LogP) is -0.715. The number of aryl methyl sites for hydroxylation is 2. The quantitative estimate of drug-likeness (QED) is 0.702. The lowest BCUT2D eigenvalue weighted by atomic mass is 10.2. The molecule has 2 aromatic rings. The Balaban J connectivity index is 1.98. The van der Waals surface area contributed by atoms with Crippen LogP contribution in [0.25, 0.3) is 10.2 Å². The molecule has 2 aromatic heterocycles. The highest BCUT2D eigenvalue weighted by molar-refractivity contribution is 7.88. The predicted molar refractivity (Wildman–Crippen MR) is 104 cm³/mol. The highest BCUT2D eigenvalue weighted by Crippen LogP contribution is 2.29. The number of fused-ring (bicyclic) bond motifs is 1. The lowest BCUT2D eigenvalue weighted by Gasteiger charge is -2.38. The van der Waals surface area contributed by atoms with E-state index in [2.05, 4.69) is 15.4 Å². The van der Waals surface area contributed by atoms with Crippen LogP contribution in [0.5, 0.6) is 0 Å². The molecule has 0 bridgehead atoms. The molecule has 148 valence electrons. The third-order valence-corrected chi connectivity index (χ3v) is 6.82. The summed E-state index contributed by atoms with van der Waals surface area (Å²) < 4.78 is 27.1. The first-order valence-corrected chi connectivity index (χ1v) is 11.1. The zero-order chi connectivity index (χ0) is 19.9. The molecule has 1 fully saturated rings. The van der Waals surface area contributed by atoms with Crippen LogP contribution >= 0.6 is 11.3 Å². The number of piperazine rings is 1. The normalized spacial score (nSPS) is 18.8. The topological polar surface area (TPSA) is 118 Å². The molecule has 0 aromatic carbocycles. The maximum absolute atomic E-state index is 12.4. The standard InChI is InChI=1S/C15H22N6O4S2/c1-5-16-13(22)10-8-20(6-7-21(10)27(4,24)25)15-17-11-9(2)18-19(3)14(23)12(11)26-15/h10H,5-8H2,1-4H3,(H,16,22). The minimum absolute atomic E-state index is 0.172. The van der Waals surface area contributed by atoms with Gasteiger partial charge in [-0.05, 0) is 13.8 Å². The Labute approximate surface area is 160 Å². The second kappa shape index (κ2) is 7.17. The fourth-order valence-electron chi connectivity index (χ4n) is 3.14. The van der Waals surface area contributed by atoms with Gasteiger partial charge >= 0.3 is 0 Å². The molecule has 0 radical (unpaired) electrons. The van der Waals surface area contributed by atoms with E-state index < -0.39 is 16.1 Å². The summed E-state index contributed by atoms with van der Waals surface area (Å²) in [5, 5.41) is 7.42. The second-order valence-electron chi connectivity index (χ2n) is 6.42. The molecule has 1 unspecified atom stereocenters. The molecule has 3 heterocycles. The SMILES string of the molecule is CCNC(=O)C1CN(c2nc3c(C)nn(C)c(=O)c3s2)CCN1S(C)(=O)=O. The lowest BCUT2D eigenvalue weighted by molar-refractivity contribution is -0.124. The Morgan fingerprint density at radius 2 is 2.07 bits per heavy atom. The van der Waals surface area contributed by atoms with Crippen LogP contribution in [0.2, 0.25) is 0 Å². The van der Waals surface area contributed by atoms with Gasteiger partial charge in [-0.25, -0.2) is 18.1 Å². The van der Waals surface area contributed by atoms with Gasteiger partial charge in [-0.2, -0.15) is 9.40 Å². The van der Waals surface area contributed by atoms with Crippen molar-refractivity contribution in [3.63, 3.8) is 0 Å². The van der Waals surface area contributed by atoms with Crippen LogP contribution in [0.15, 0.2) is 4.79 Å². The fourth-order valence-corrected chi connectivity index (χ4v) is 5.30. The van der Waals surface area contributed by atoms with E-state index in [9.17, 15) is 18.0 Å².